The Morgan fingerprint density at radius 1 is 1.31 bits per heavy atom. The van der Waals surface area contributed by atoms with Crippen molar-refractivity contribution >= 4 is 46.1 Å². The topological polar surface area (TPSA) is 104 Å². The van der Waals surface area contributed by atoms with Crippen LogP contribution in [-0.2, 0) is 9.59 Å². The van der Waals surface area contributed by atoms with Gasteiger partial charge in [-0.25, -0.2) is 4.79 Å². The van der Waals surface area contributed by atoms with Crippen LogP contribution in [0.15, 0.2) is 4.34 Å². The van der Waals surface area contributed by atoms with Gasteiger partial charge in [-0.3, -0.25) is 19.8 Å². The highest BCUT2D eigenvalue weighted by molar-refractivity contribution is 8.02. The van der Waals surface area contributed by atoms with Crippen LogP contribution in [0.25, 0.3) is 0 Å². The van der Waals surface area contributed by atoms with Crippen molar-refractivity contribution in [3.63, 3.8) is 0 Å². The molecule has 2 rings (SSSR count). The molecule has 144 valence electrons. The fourth-order valence-corrected chi connectivity index (χ4v) is 4.18. The molecule has 10 heteroatoms. The lowest BCUT2D eigenvalue weighted by Crippen LogP contribution is -2.49. The minimum Gasteiger partial charge on any atom is -0.333 e. The third kappa shape index (κ3) is 5.94. The quantitative estimate of drug-likeness (QED) is 0.563. The smallest absolute Gasteiger partial charge is 0.321 e. The van der Waals surface area contributed by atoms with E-state index >= 15 is 0 Å². The normalized spacial score (nSPS) is 15.3. The van der Waals surface area contributed by atoms with E-state index in [1.807, 2.05) is 27.7 Å². The number of hydrogen-bond donors (Lipinski definition) is 2. The summed E-state index contributed by atoms with van der Waals surface area (Å²) in [5.41, 5.74) is -0.424. The van der Waals surface area contributed by atoms with Crippen LogP contribution >= 0.6 is 23.1 Å². The van der Waals surface area contributed by atoms with Gasteiger partial charge in [0.15, 0.2) is 4.34 Å². The number of aromatic nitrogens is 2. The van der Waals surface area contributed by atoms with Crippen molar-refractivity contribution in [1.29, 1.82) is 0 Å². The van der Waals surface area contributed by atoms with E-state index in [0.717, 1.165) is 12.8 Å². The zero-order valence-electron chi connectivity index (χ0n) is 15.7. The first-order valence-electron chi connectivity index (χ1n) is 8.56. The lowest BCUT2D eigenvalue weighted by atomic mass is 10.1. The van der Waals surface area contributed by atoms with Crippen molar-refractivity contribution in [1.82, 2.24) is 20.8 Å². The minimum absolute atomic E-state index is 0.0323. The first-order valence-corrected chi connectivity index (χ1v) is 10.3. The molecule has 0 aromatic carbocycles. The monoisotopic (exact) mass is 399 g/mol. The summed E-state index contributed by atoms with van der Waals surface area (Å²) in [5, 5.41) is 13.2. The van der Waals surface area contributed by atoms with Crippen molar-refractivity contribution < 1.29 is 14.4 Å². The van der Waals surface area contributed by atoms with Crippen molar-refractivity contribution in [3.05, 3.63) is 0 Å². The van der Waals surface area contributed by atoms with Gasteiger partial charge in [-0.15, -0.1) is 10.2 Å². The lowest BCUT2D eigenvalue weighted by Gasteiger charge is -2.21. The van der Waals surface area contributed by atoms with Crippen molar-refractivity contribution in [3.8, 4) is 0 Å². The Hall–Kier alpha value is -1.68. The number of rotatable bonds is 6. The number of carbonyl (C=O) groups excluding carboxylic acids is 3. The molecule has 1 aliphatic carbocycles. The number of amides is 4. The molecule has 1 aromatic heterocycles. The summed E-state index contributed by atoms with van der Waals surface area (Å²) in [4.78, 5) is 37.8. The summed E-state index contributed by atoms with van der Waals surface area (Å²) < 4.78 is 0.591. The van der Waals surface area contributed by atoms with Gasteiger partial charge >= 0.3 is 6.03 Å². The van der Waals surface area contributed by atoms with Gasteiger partial charge in [0, 0.05) is 18.0 Å². The molecule has 26 heavy (non-hydrogen) atoms. The Morgan fingerprint density at radius 3 is 2.50 bits per heavy atom. The lowest BCUT2D eigenvalue weighted by molar-refractivity contribution is -0.119. The van der Waals surface area contributed by atoms with Crippen LogP contribution in [-0.4, -0.2) is 44.9 Å². The molecule has 0 radical (unpaired) electrons. The second kappa shape index (κ2) is 8.34. The zero-order chi connectivity index (χ0) is 19.5. The van der Waals surface area contributed by atoms with Crippen LogP contribution in [0.4, 0.5) is 9.93 Å². The van der Waals surface area contributed by atoms with Gasteiger partial charge < -0.3 is 5.32 Å². The molecule has 4 amide bonds. The molecule has 1 aliphatic rings. The zero-order valence-corrected chi connectivity index (χ0v) is 17.3. The third-order valence-electron chi connectivity index (χ3n) is 3.46. The van der Waals surface area contributed by atoms with E-state index in [9.17, 15) is 14.4 Å². The molecule has 0 unspecified atom stereocenters. The standard InChI is InChI=1S/C16H25N5O3S2/c1-6-11(22)21(10-7-8-10)14-19-20-15(26-14)25-9(2)12(23)17-13(24)18-16(3,4)5/h9-10H,6-8H2,1-5H3,(H2,17,18,23,24)/t9-/m1/s1. The Labute approximate surface area is 161 Å². The van der Waals surface area contributed by atoms with Gasteiger partial charge in [0.1, 0.15) is 0 Å². The van der Waals surface area contributed by atoms with Crippen LogP contribution in [0.3, 0.4) is 0 Å². The molecular formula is C16H25N5O3S2. The average Bonchev–Trinajstić information content (AvgIpc) is 3.24. The second-order valence-corrected chi connectivity index (χ2v) is 9.70. The summed E-state index contributed by atoms with van der Waals surface area (Å²) in [6, 6.07) is -0.309. The number of carbonyl (C=O) groups is 3. The molecule has 1 saturated carbocycles. The molecule has 0 spiro atoms. The largest absolute Gasteiger partial charge is 0.333 e. The fraction of sp³-hybridized carbons (Fsp3) is 0.688. The van der Waals surface area contributed by atoms with Crippen LogP contribution in [0, 0.1) is 0 Å². The fourth-order valence-electron chi connectivity index (χ4n) is 2.11. The van der Waals surface area contributed by atoms with E-state index in [0.29, 0.717) is 15.9 Å². The summed E-state index contributed by atoms with van der Waals surface area (Å²) in [6.07, 6.45) is 2.38. The maximum absolute atomic E-state index is 12.2. The van der Waals surface area contributed by atoms with Gasteiger partial charge in [-0.05, 0) is 40.5 Å². The summed E-state index contributed by atoms with van der Waals surface area (Å²) in [7, 11) is 0. The molecule has 1 heterocycles. The highest BCUT2D eigenvalue weighted by Crippen LogP contribution is 2.37. The van der Waals surface area contributed by atoms with Gasteiger partial charge in [0.25, 0.3) is 0 Å². The van der Waals surface area contributed by atoms with Crippen LogP contribution in [0.1, 0.15) is 53.9 Å². The number of anilines is 1. The van der Waals surface area contributed by atoms with E-state index in [1.54, 1.807) is 11.8 Å². The summed E-state index contributed by atoms with van der Waals surface area (Å²) >= 11 is 2.51. The van der Waals surface area contributed by atoms with E-state index in [4.69, 9.17) is 0 Å². The minimum atomic E-state index is -0.527. The van der Waals surface area contributed by atoms with Crippen molar-refractivity contribution in [2.24, 2.45) is 0 Å². The maximum Gasteiger partial charge on any atom is 0.321 e. The molecule has 0 bridgehead atoms. The molecule has 8 nitrogen and oxygen atoms in total. The third-order valence-corrected chi connectivity index (χ3v) is 5.56. The van der Waals surface area contributed by atoms with E-state index in [-0.39, 0.29) is 11.9 Å². The predicted octanol–water partition coefficient (Wildman–Crippen LogP) is 2.55. The number of hydrogen-bond acceptors (Lipinski definition) is 7. The van der Waals surface area contributed by atoms with Crippen molar-refractivity contribution in [2.45, 2.75) is 75.1 Å². The number of thioether (sulfide) groups is 1. The Morgan fingerprint density at radius 2 is 1.96 bits per heavy atom. The summed E-state index contributed by atoms with van der Waals surface area (Å²) in [5.74, 6) is -0.373. The molecule has 2 N–H and O–H groups in total. The van der Waals surface area contributed by atoms with E-state index < -0.39 is 22.7 Å². The number of urea groups is 1. The van der Waals surface area contributed by atoms with E-state index in [1.165, 1.54) is 23.1 Å². The number of nitrogens with one attached hydrogen (secondary N) is 2. The Balaban J connectivity index is 1.94. The highest BCUT2D eigenvalue weighted by Gasteiger charge is 2.35. The summed E-state index contributed by atoms with van der Waals surface area (Å²) in [6.45, 7) is 9.02. The second-order valence-electron chi connectivity index (χ2n) is 7.15. The van der Waals surface area contributed by atoms with Crippen LogP contribution in [0.2, 0.25) is 0 Å². The first kappa shape index (κ1) is 20.6. The maximum atomic E-state index is 12.2. The molecule has 1 aromatic rings. The predicted molar refractivity (Wildman–Crippen MR) is 102 cm³/mol. The molecule has 1 atom stereocenters. The molecular weight excluding hydrogens is 374 g/mol. The van der Waals surface area contributed by atoms with Gasteiger partial charge in [-0.2, -0.15) is 0 Å². The highest BCUT2D eigenvalue weighted by atomic mass is 32.2. The Bertz CT molecular complexity index is 682. The molecule has 0 aliphatic heterocycles. The molecule has 0 saturated heterocycles. The number of imide groups is 1. The Kier molecular flexibility index (Phi) is 6.62. The number of nitrogens with zero attached hydrogens (tertiary/aromatic N) is 3. The van der Waals surface area contributed by atoms with Gasteiger partial charge in [0.05, 0.1) is 5.25 Å². The van der Waals surface area contributed by atoms with Crippen LogP contribution in [0.5, 0.6) is 0 Å². The molecule has 1 fully saturated rings. The van der Waals surface area contributed by atoms with Gasteiger partial charge in [-0.1, -0.05) is 30.0 Å². The van der Waals surface area contributed by atoms with Gasteiger partial charge in [0.2, 0.25) is 16.9 Å². The SMILES string of the molecule is CCC(=O)N(c1nnc(S[C@H](C)C(=O)NC(=O)NC(C)(C)C)s1)C1CC1. The van der Waals surface area contributed by atoms with Crippen molar-refractivity contribution in [2.75, 3.05) is 4.90 Å². The van der Waals surface area contributed by atoms with E-state index in [2.05, 4.69) is 20.8 Å². The first-order chi connectivity index (χ1) is 12.1. The average molecular weight is 400 g/mol. The van der Waals surface area contributed by atoms with Crippen LogP contribution < -0.4 is 15.5 Å².